The highest BCUT2D eigenvalue weighted by Gasteiger charge is 2.24. The third-order valence-electron chi connectivity index (χ3n) is 4.31. The van der Waals surface area contributed by atoms with Crippen molar-refractivity contribution >= 4 is 23.0 Å². The number of hydrogen-bond acceptors (Lipinski definition) is 5. The highest BCUT2D eigenvalue weighted by Crippen LogP contribution is 2.24. The summed E-state index contributed by atoms with van der Waals surface area (Å²) in [5.41, 5.74) is 2.28. The van der Waals surface area contributed by atoms with Crippen molar-refractivity contribution in [1.29, 1.82) is 0 Å². The highest BCUT2D eigenvalue weighted by atomic mass is 16.4. The van der Waals surface area contributed by atoms with Gasteiger partial charge in [-0.15, -0.1) is 0 Å². The molecule has 1 fully saturated rings. The molecule has 3 heterocycles. The molecular weight excluding hydrogens is 304 g/mol. The van der Waals surface area contributed by atoms with E-state index in [0.29, 0.717) is 11.6 Å². The number of pyridine rings is 1. The van der Waals surface area contributed by atoms with Gasteiger partial charge in [-0.1, -0.05) is 12.1 Å². The standard InChI is InChI=1S/C18H18N4O2/c23-17(13-4-3-9-19-12-13)20-14-7-10-22(11-8-14)18-21-15-5-1-2-6-16(15)24-18/h1-6,9,12,14H,7-8,10-11H2,(H,20,23). The predicted octanol–water partition coefficient (Wildman–Crippen LogP) is 2.62. The summed E-state index contributed by atoms with van der Waals surface area (Å²) in [6, 6.07) is 12.1. The van der Waals surface area contributed by atoms with Crippen molar-refractivity contribution in [2.45, 2.75) is 18.9 Å². The van der Waals surface area contributed by atoms with E-state index in [4.69, 9.17) is 4.42 Å². The van der Waals surface area contributed by atoms with Crippen LogP contribution in [0.5, 0.6) is 0 Å². The number of amides is 1. The van der Waals surface area contributed by atoms with Crippen LogP contribution in [-0.4, -0.2) is 35.0 Å². The van der Waals surface area contributed by atoms with Crippen LogP contribution >= 0.6 is 0 Å². The summed E-state index contributed by atoms with van der Waals surface area (Å²) in [5.74, 6) is -0.0663. The number of nitrogens with zero attached hydrogens (tertiary/aromatic N) is 3. The molecule has 0 spiro atoms. The normalized spacial score (nSPS) is 15.6. The molecule has 122 valence electrons. The highest BCUT2D eigenvalue weighted by molar-refractivity contribution is 5.94. The molecule has 0 unspecified atom stereocenters. The van der Waals surface area contributed by atoms with Crippen molar-refractivity contribution in [2.75, 3.05) is 18.0 Å². The van der Waals surface area contributed by atoms with Crippen molar-refractivity contribution in [3.05, 3.63) is 54.4 Å². The van der Waals surface area contributed by atoms with Crippen molar-refractivity contribution < 1.29 is 9.21 Å². The summed E-state index contributed by atoms with van der Waals surface area (Å²) < 4.78 is 5.81. The quantitative estimate of drug-likeness (QED) is 0.802. The lowest BCUT2D eigenvalue weighted by molar-refractivity contribution is 0.0930. The van der Waals surface area contributed by atoms with Crippen LogP contribution in [0.1, 0.15) is 23.2 Å². The number of fused-ring (bicyclic) bond motifs is 1. The SMILES string of the molecule is O=C(NC1CCN(c2nc3ccccc3o2)CC1)c1cccnc1. The fourth-order valence-corrected chi connectivity index (χ4v) is 2.98. The number of carbonyl (C=O) groups is 1. The average molecular weight is 322 g/mol. The number of carbonyl (C=O) groups excluding carboxylic acids is 1. The number of rotatable bonds is 3. The first-order valence-corrected chi connectivity index (χ1v) is 8.11. The summed E-state index contributed by atoms with van der Waals surface area (Å²) in [6.07, 6.45) is 4.98. The zero-order valence-electron chi connectivity index (χ0n) is 13.2. The Balaban J connectivity index is 1.37. The van der Waals surface area contributed by atoms with Crippen LogP contribution in [0.3, 0.4) is 0 Å². The van der Waals surface area contributed by atoms with Crippen LogP contribution < -0.4 is 10.2 Å². The molecule has 4 rings (SSSR count). The number of nitrogens with one attached hydrogen (secondary N) is 1. The number of anilines is 1. The van der Waals surface area contributed by atoms with E-state index in [2.05, 4.69) is 20.2 Å². The molecule has 1 saturated heterocycles. The molecule has 0 radical (unpaired) electrons. The summed E-state index contributed by atoms with van der Waals surface area (Å²) in [6.45, 7) is 1.62. The molecule has 6 nitrogen and oxygen atoms in total. The Hall–Kier alpha value is -2.89. The van der Waals surface area contributed by atoms with Crippen LogP contribution in [0, 0.1) is 0 Å². The average Bonchev–Trinajstić information content (AvgIpc) is 3.07. The smallest absolute Gasteiger partial charge is 0.298 e. The summed E-state index contributed by atoms with van der Waals surface area (Å²) in [7, 11) is 0. The molecule has 1 amide bonds. The van der Waals surface area contributed by atoms with Gasteiger partial charge < -0.3 is 14.6 Å². The Kier molecular flexibility index (Phi) is 3.86. The second-order valence-corrected chi connectivity index (χ2v) is 5.94. The number of piperidine rings is 1. The van der Waals surface area contributed by atoms with Crippen LogP contribution in [-0.2, 0) is 0 Å². The van der Waals surface area contributed by atoms with E-state index in [1.807, 2.05) is 24.3 Å². The lowest BCUT2D eigenvalue weighted by atomic mass is 10.0. The largest absolute Gasteiger partial charge is 0.423 e. The monoisotopic (exact) mass is 322 g/mol. The van der Waals surface area contributed by atoms with Crippen molar-refractivity contribution in [1.82, 2.24) is 15.3 Å². The molecule has 1 aliphatic heterocycles. The van der Waals surface area contributed by atoms with Gasteiger partial charge >= 0.3 is 0 Å². The van der Waals surface area contributed by atoms with Crippen LogP contribution in [0.4, 0.5) is 6.01 Å². The minimum absolute atomic E-state index is 0.0663. The van der Waals surface area contributed by atoms with Crippen LogP contribution in [0.25, 0.3) is 11.1 Å². The lowest BCUT2D eigenvalue weighted by Crippen LogP contribution is -2.44. The molecular formula is C18H18N4O2. The maximum absolute atomic E-state index is 12.2. The maximum Gasteiger partial charge on any atom is 0.298 e. The summed E-state index contributed by atoms with van der Waals surface area (Å²) >= 11 is 0. The molecule has 1 aliphatic rings. The molecule has 0 aliphatic carbocycles. The van der Waals surface area contributed by atoms with E-state index in [1.165, 1.54) is 0 Å². The molecule has 1 N–H and O–H groups in total. The first-order valence-electron chi connectivity index (χ1n) is 8.11. The van der Waals surface area contributed by atoms with Crippen molar-refractivity contribution in [3.8, 4) is 0 Å². The third kappa shape index (κ3) is 2.95. The maximum atomic E-state index is 12.2. The van der Waals surface area contributed by atoms with Gasteiger partial charge in [0.25, 0.3) is 11.9 Å². The van der Waals surface area contributed by atoms with E-state index in [9.17, 15) is 4.79 Å². The number of para-hydroxylation sites is 2. The first kappa shape index (κ1) is 14.7. The van der Waals surface area contributed by atoms with E-state index in [0.717, 1.165) is 37.0 Å². The molecule has 24 heavy (non-hydrogen) atoms. The van der Waals surface area contributed by atoms with Gasteiger partial charge in [0, 0.05) is 31.5 Å². The molecule has 3 aromatic rings. The molecule has 2 aromatic heterocycles. The number of benzene rings is 1. The molecule has 6 heteroatoms. The van der Waals surface area contributed by atoms with Gasteiger partial charge in [-0.25, -0.2) is 0 Å². The Bertz CT molecular complexity index is 805. The Labute approximate surface area is 139 Å². The Morgan fingerprint density at radius 1 is 1.17 bits per heavy atom. The van der Waals surface area contributed by atoms with Gasteiger partial charge in [0.15, 0.2) is 5.58 Å². The lowest BCUT2D eigenvalue weighted by Gasteiger charge is -2.31. The van der Waals surface area contributed by atoms with E-state index < -0.39 is 0 Å². The van der Waals surface area contributed by atoms with E-state index in [1.54, 1.807) is 24.5 Å². The molecule has 0 saturated carbocycles. The fraction of sp³-hybridized carbons (Fsp3) is 0.278. The first-order chi connectivity index (χ1) is 11.8. The number of oxazole rings is 1. The molecule has 0 atom stereocenters. The Morgan fingerprint density at radius 3 is 2.75 bits per heavy atom. The van der Waals surface area contributed by atoms with Gasteiger partial charge in [0.2, 0.25) is 0 Å². The van der Waals surface area contributed by atoms with Crippen molar-refractivity contribution in [2.24, 2.45) is 0 Å². The topological polar surface area (TPSA) is 71.3 Å². The van der Waals surface area contributed by atoms with Crippen LogP contribution in [0.15, 0.2) is 53.2 Å². The summed E-state index contributed by atoms with van der Waals surface area (Å²) in [5, 5.41) is 3.08. The third-order valence-corrected chi connectivity index (χ3v) is 4.31. The van der Waals surface area contributed by atoms with Gasteiger partial charge in [-0.2, -0.15) is 4.98 Å². The predicted molar refractivity (Wildman–Crippen MR) is 90.9 cm³/mol. The van der Waals surface area contributed by atoms with E-state index in [-0.39, 0.29) is 11.9 Å². The number of aromatic nitrogens is 2. The van der Waals surface area contributed by atoms with Gasteiger partial charge in [0.05, 0.1) is 5.56 Å². The van der Waals surface area contributed by atoms with Gasteiger partial charge in [0.1, 0.15) is 5.52 Å². The Morgan fingerprint density at radius 2 is 2.00 bits per heavy atom. The van der Waals surface area contributed by atoms with Gasteiger partial charge in [-0.05, 0) is 37.1 Å². The second kappa shape index (κ2) is 6.31. The zero-order valence-corrected chi connectivity index (χ0v) is 13.2. The second-order valence-electron chi connectivity index (χ2n) is 5.94. The summed E-state index contributed by atoms with van der Waals surface area (Å²) in [4.78, 5) is 22.8. The fourth-order valence-electron chi connectivity index (χ4n) is 2.98. The van der Waals surface area contributed by atoms with Crippen LogP contribution in [0.2, 0.25) is 0 Å². The minimum atomic E-state index is -0.0663. The minimum Gasteiger partial charge on any atom is -0.423 e. The zero-order chi connectivity index (χ0) is 16.4. The molecule has 0 bridgehead atoms. The molecule has 1 aromatic carbocycles. The van der Waals surface area contributed by atoms with E-state index >= 15 is 0 Å². The number of hydrogen-bond donors (Lipinski definition) is 1. The van der Waals surface area contributed by atoms with Crippen molar-refractivity contribution in [3.63, 3.8) is 0 Å². The van der Waals surface area contributed by atoms with Gasteiger partial charge in [-0.3, -0.25) is 9.78 Å².